The fraction of sp³-hybridized carbons (Fsp3) is 0.300. The summed E-state index contributed by atoms with van der Waals surface area (Å²) in [5, 5.41) is 10.4. The van der Waals surface area contributed by atoms with Crippen LogP contribution in [0, 0.1) is 0 Å². The van der Waals surface area contributed by atoms with Crippen LogP contribution in [0.15, 0.2) is 30.3 Å². The summed E-state index contributed by atoms with van der Waals surface area (Å²) in [7, 11) is 0. The number of hydrogen-bond donors (Lipinski definition) is 1. The van der Waals surface area contributed by atoms with E-state index in [1.54, 1.807) is 24.3 Å². The maximum atomic E-state index is 12.8. The predicted octanol–water partition coefficient (Wildman–Crippen LogP) is 1.14. The first-order chi connectivity index (χ1) is 13.1. The fourth-order valence-electron chi connectivity index (χ4n) is 5.61. The van der Waals surface area contributed by atoms with Crippen LogP contribution in [0.25, 0.3) is 0 Å². The van der Waals surface area contributed by atoms with Gasteiger partial charge in [0.2, 0.25) is 0 Å². The molecule has 7 nitrogen and oxygen atoms in total. The average Bonchev–Trinajstić information content (AvgIpc) is 3.56. The molecule has 0 amide bonds. The Bertz CT molecular complexity index is 1190. The summed E-state index contributed by atoms with van der Waals surface area (Å²) in [6, 6.07) is 8.56. The number of phenolic OH excluding ortho intramolecular Hbond substituents is 1. The molecule has 132 valence electrons. The van der Waals surface area contributed by atoms with Crippen LogP contribution < -0.4 is 4.74 Å². The van der Waals surface area contributed by atoms with Gasteiger partial charge >= 0.3 is 0 Å². The first-order valence-electron chi connectivity index (χ1n) is 8.87. The minimum Gasteiger partial charge on any atom is -0.507 e. The van der Waals surface area contributed by atoms with E-state index in [1.165, 1.54) is 6.07 Å². The van der Waals surface area contributed by atoms with Crippen LogP contribution in [-0.4, -0.2) is 41.1 Å². The molecule has 8 rings (SSSR count). The number of ketones is 2. The van der Waals surface area contributed by atoms with Crippen molar-refractivity contribution in [2.45, 2.75) is 35.8 Å². The summed E-state index contributed by atoms with van der Waals surface area (Å²) in [6.07, 6.45) is -2.33. The molecule has 7 heteroatoms. The lowest BCUT2D eigenvalue weighted by molar-refractivity contribution is -0.262. The number of ether oxygens (including phenoxy) is 4. The maximum absolute atomic E-state index is 12.8. The van der Waals surface area contributed by atoms with E-state index in [-0.39, 0.29) is 22.9 Å². The number of fused-ring (bicyclic) bond motifs is 2. The van der Waals surface area contributed by atoms with Gasteiger partial charge < -0.3 is 24.1 Å². The molecule has 2 saturated heterocycles. The minimum absolute atomic E-state index is 0.0823. The van der Waals surface area contributed by atoms with Gasteiger partial charge in [0.05, 0.1) is 5.56 Å². The number of aromatic hydroxyl groups is 1. The highest BCUT2D eigenvalue weighted by Gasteiger charge is 2.81. The SMILES string of the molecule is O=C1c2c(O)ccc3c2[C@@]2(Oc4cccc5c4[C@]3(O2)[C@@H]2O[C@@H]2C5=O)[C@@H]2O[C@H]12. The van der Waals surface area contributed by atoms with Crippen LogP contribution in [0.5, 0.6) is 11.5 Å². The molecule has 2 aliphatic carbocycles. The van der Waals surface area contributed by atoms with E-state index < -0.39 is 35.8 Å². The van der Waals surface area contributed by atoms with Crippen molar-refractivity contribution in [3.05, 3.63) is 58.1 Å². The van der Waals surface area contributed by atoms with Gasteiger partial charge in [0, 0.05) is 22.3 Å². The second kappa shape index (κ2) is 3.52. The Balaban J connectivity index is 1.58. The van der Waals surface area contributed by atoms with Gasteiger partial charge in [-0.3, -0.25) is 9.59 Å². The average molecular weight is 362 g/mol. The highest BCUT2D eigenvalue weighted by Crippen LogP contribution is 2.70. The number of Topliss-reactive ketones (excluding diaryl/α,β-unsaturated/α-hetero) is 2. The van der Waals surface area contributed by atoms with Gasteiger partial charge in [-0.15, -0.1) is 0 Å². The van der Waals surface area contributed by atoms with E-state index in [1.807, 2.05) is 0 Å². The largest absolute Gasteiger partial charge is 0.507 e. The molecule has 1 N–H and O–H groups in total. The molecule has 27 heavy (non-hydrogen) atoms. The monoisotopic (exact) mass is 362 g/mol. The number of hydrogen-bond acceptors (Lipinski definition) is 7. The van der Waals surface area contributed by atoms with Gasteiger partial charge in [-0.2, -0.15) is 0 Å². The molecule has 0 radical (unpaired) electrons. The van der Waals surface area contributed by atoms with Gasteiger partial charge in [0.15, 0.2) is 35.5 Å². The smallest absolute Gasteiger partial charge is 0.269 e. The summed E-state index contributed by atoms with van der Waals surface area (Å²) in [4.78, 5) is 25.5. The van der Waals surface area contributed by atoms with Crippen LogP contribution in [0.1, 0.15) is 37.4 Å². The molecule has 4 aliphatic heterocycles. The standard InChI is InChI=1S/C20H10O7/c21-8-5-4-7-12-10(8)14(23)16-18(25-16)20(12)26-9-3-1-2-6-11(9)19(7,27-20)17-15(24-17)13(6)22/h1-5,15-18,21H/t15-,16-,17-,18-,19+,20+/m1/s1. The molecule has 4 heterocycles. The van der Waals surface area contributed by atoms with Gasteiger partial charge in [-0.05, 0) is 12.1 Å². The van der Waals surface area contributed by atoms with Crippen molar-refractivity contribution in [2.75, 3.05) is 0 Å². The van der Waals surface area contributed by atoms with Crippen LogP contribution >= 0.6 is 0 Å². The number of phenols is 1. The molecular formula is C20H10O7. The minimum atomic E-state index is -1.31. The first kappa shape index (κ1) is 13.4. The zero-order valence-electron chi connectivity index (χ0n) is 13.6. The highest BCUT2D eigenvalue weighted by atomic mass is 16.8. The third-order valence-electron chi connectivity index (χ3n) is 6.69. The molecule has 0 aromatic heterocycles. The van der Waals surface area contributed by atoms with Crippen molar-refractivity contribution in [1.29, 1.82) is 0 Å². The second-order valence-electron chi connectivity index (χ2n) is 7.85. The van der Waals surface area contributed by atoms with Crippen LogP contribution in [0.3, 0.4) is 0 Å². The second-order valence-corrected chi connectivity index (χ2v) is 7.85. The zero-order chi connectivity index (χ0) is 17.9. The highest BCUT2D eigenvalue weighted by molar-refractivity contribution is 6.09. The van der Waals surface area contributed by atoms with Crippen LogP contribution in [0.4, 0.5) is 0 Å². The van der Waals surface area contributed by atoms with Gasteiger partial charge in [-0.25, -0.2) is 0 Å². The maximum Gasteiger partial charge on any atom is 0.269 e. The summed E-state index contributed by atoms with van der Waals surface area (Å²) in [5.74, 6) is -1.24. The first-order valence-corrected chi connectivity index (χ1v) is 8.87. The molecule has 0 saturated carbocycles. The van der Waals surface area contributed by atoms with Crippen molar-refractivity contribution < 1.29 is 33.6 Å². The molecule has 6 atom stereocenters. The summed E-state index contributed by atoms with van der Waals surface area (Å²) < 4.78 is 24.3. The molecule has 6 aliphatic rings. The number of benzene rings is 2. The van der Waals surface area contributed by atoms with Gasteiger partial charge in [0.25, 0.3) is 5.79 Å². The molecule has 2 fully saturated rings. The summed E-state index contributed by atoms with van der Waals surface area (Å²) in [6.45, 7) is 0. The molecular weight excluding hydrogens is 352 g/mol. The fourth-order valence-corrected chi connectivity index (χ4v) is 5.61. The van der Waals surface area contributed by atoms with Crippen molar-refractivity contribution >= 4 is 11.6 Å². The van der Waals surface area contributed by atoms with Crippen LogP contribution in [0.2, 0.25) is 0 Å². The molecule has 2 aromatic rings. The Kier molecular flexibility index (Phi) is 1.75. The lowest BCUT2D eigenvalue weighted by Crippen LogP contribution is -2.53. The summed E-state index contributed by atoms with van der Waals surface area (Å²) >= 11 is 0. The zero-order valence-corrected chi connectivity index (χ0v) is 13.6. The van der Waals surface area contributed by atoms with E-state index in [4.69, 9.17) is 18.9 Å². The number of carbonyl (C=O) groups is 2. The summed E-state index contributed by atoms with van der Waals surface area (Å²) in [5.41, 5.74) is 1.53. The predicted molar refractivity (Wildman–Crippen MR) is 84.7 cm³/mol. The van der Waals surface area contributed by atoms with Gasteiger partial charge in [0.1, 0.15) is 17.6 Å². The number of epoxide rings is 2. The number of carbonyl (C=O) groups excluding carboxylic acids is 2. The normalized spacial score (nSPS) is 42.5. The lowest BCUT2D eigenvalue weighted by Gasteiger charge is -2.43. The third kappa shape index (κ3) is 1.11. The molecule has 2 aromatic carbocycles. The van der Waals surface area contributed by atoms with E-state index >= 15 is 0 Å². The van der Waals surface area contributed by atoms with E-state index in [9.17, 15) is 14.7 Å². The van der Waals surface area contributed by atoms with E-state index in [2.05, 4.69) is 0 Å². The number of rotatable bonds is 0. The van der Waals surface area contributed by atoms with E-state index in [0.29, 0.717) is 28.0 Å². The van der Waals surface area contributed by atoms with Crippen molar-refractivity contribution in [1.82, 2.24) is 0 Å². The van der Waals surface area contributed by atoms with Crippen molar-refractivity contribution in [2.24, 2.45) is 0 Å². The van der Waals surface area contributed by atoms with Gasteiger partial charge in [-0.1, -0.05) is 18.2 Å². The quantitative estimate of drug-likeness (QED) is 0.702. The topological polar surface area (TPSA) is 97.9 Å². The molecule has 0 unspecified atom stereocenters. The van der Waals surface area contributed by atoms with Crippen molar-refractivity contribution in [3.63, 3.8) is 0 Å². The Morgan fingerprint density at radius 1 is 0.926 bits per heavy atom. The van der Waals surface area contributed by atoms with Crippen LogP contribution in [-0.2, 0) is 25.6 Å². The Hall–Kier alpha value is -2.74. The molecule has 2 spiro atoms. The third-order valence-corrected chi connectivity index (χ3v) is 6.69. The Labute approximate surface area is 151 Å². The molecule has 2 bridgehead atoms. The lowest BCUT2D eigenvalue weighted by atomic mass is 9.73. The van der Waals surface area contributed by atoms with Crippen molar-refractivity contribution in [3.8, 4) is 11.5 Å². The van der Waals surface area contributed by atoms with E-state index in [0.717, 1.165) is 0 Å². The Morgan fingerprint density at radius 3 is 2.63 bits per heavy atom. The Morgan fingerprint density at radius 2 is 1.74 bits per heavy atom.